The minimum Gasteiger partial charge on any atom is -0.319 e. The molecule has 0 bridgehead atoms. The number of benzene rings is 2. The molecule has 3 aliphatic rings. The summed E-state index contributed by atoms with van der Waals surface area (Å²) in [4.78, 5) is 29.8. The van der Waals surface area contributed by atoms with Crippen LogP contribution in [-0.2, 0) is 16.8 Å². The summed E-state index contributed by atoms with van der Waals surface area (Å²) >= 11 is 0. The third kappa shape index (κ3) is 3.06. The molecule has 2 aliphatic heterocycles. The first-order chi connectivity index (χ1) is 14.2. The molecule has 0 radical (unpaired) electrons. The Bertz CT molecular complexity index is 985. The molecule has 0 aromatic heterocycles. The maximum absolute atomic E-state index is 13.4. The second-order valence-corrected chi connectivity index (χ2v) is 8.14. The lowest BCUT2D eigenvalue weighted by molar-refractivity contribution is -0.133. The van der Waals surface area contributed by atoms with E-state index in [1.165, 1.54) is 21.6 Å². The van der Waals surface area contributed by atoms with Gasteiger partial charge in [-0.15, -0.1) is 0 Å². The fraction of sp³-hybridized carbons (Fsp3) is 0.333. The molecule has 29 heavy (non-hydrogen) atoms. The number of aryl methyl sites for hydroxylation is 1. The molecule has 1 atom stereocenters. The van der Waals surface area contributed by atoms with Crippen LogP contribution in [0.4, 0.5) is 4.79 Å². The van der Waals surface area contributed by atoms with Crippen LogP contribution >= 0.6 is 0 Å². The van der Waals surface area contributed by atoms with Gasteiger partial charge in [-0.2, -0.15) is 0 Å². The van der Waals surface area contributed by atoms with Crippen molar-refractivity contribution in [3.8, 4) is 0 Å². The minimum atomic E-state index is -0.882. The Kier molecular flexibility index (Phi) is 4.47. The Balaban J connectivity index is 1.33. The average molecular weight is 387 g/mol. The van der Waals surface area contributed by atoms with E-state index in [2.05, 4.69) is 46.6 Å². The van der Waals surface area contributed by atoms with Crippen LogP contribution in [0.15, 0.2) is 60.7 Å². The van der Waals surface area contributed by atoms with Gasteiger partial charge in [0.25, 0.3) is 5.91 Å². The molecule has 3 amide bonds. The molecule has 1 unspecified atom stereocenters. The van der Waals surface area contributed by atoms with Gasteiger partial charge >= 0.3 is 6.03 Å². The number of nitrogens with zero attached hydrogens (tertiary/aromatic N) is 2. The van der Waals surface area contributed by atoms with E-state index in [0.29, 0.717) is 13.1 Å². The fourth-order valence-corrected chi connectivity index (χ4v) is 4.89. The van der Waals surface area contributed by atoms with Crippen molar-refractivity contribution in [2.45, 2.75) is 31.2 Å². The molecular weight excluding hydrogens is 362 g/mol. The Morgan fingerprint density at radius 3 is 2.55 bits per heavy atom. The van der Waals surface area contributed by atoms with Crippen molar-refractivity contribution in [1.29, 1.82) is 0 Å². The van der Waals surface area contributed by atoms with Crippen LogP contribution in [0.2, 0.25) is 0 Å². The number of hydrogen-bond donors (Lipinski definition) is 1. The Hall–Kier alpha value is -2.92. The lowest BCUT2D eigenvalue weighted by Crippen LogP contribution is -2.47. The summed E-state index contributed by atoms with van der Waals surface area (Å²) in [6, 6.07) is 18.1. The van der Waals surface area contributed by atoms with E-state index in [9.17, 15) is 9.59 Å². The molecular formula is C24H25N3O2. The fourth-order valence-electron chi connectivity index (χ4n) is 4.89. The highest BCUT2D eigenvalue weighted by Crippen LogP contribution is 2.40. The van der Waals surface area contributed by atoms with Gasteiger partial charge in [-0.05, 0) is 47.9 Å². The van der Waals surface area contributed by atoms with Crippen LogP contribution in [0, 0.1) is 0 Å². The molecule has 1 aliphatic carbocycles. The van der Waals surface area contributed by atoms with Crippen LogP contribution in [0.25, 0.3) is 5.57 Å². The lowest BCUT2D eigenvalue weighted by atomic mass is 9.76. The van der Waals surface area contributed by atoms with Crippen LogP contribution in [0.5, 0.6) is 0 Å². The summed E-state index contributed by atoms with van der Waals surface area (Å²) in [7, 11) is 0. The normalized spacial score (nSPS) is 24.4. The quantitative estimate of drug-likeness (QED) is 0.820. The first kappa shape index (κ1) is 18.1. The highest BCUT2D eigenvalue weighted by atomic mass is 16.2. The van der Waals surface area contributed by atoms with E-state index in [1.807, 2.05) is 24.3 Å². The van der Waals surface area contributed by atoms with Crippen LogP contribution in [0.3, 0.4) is 0 Å². The number of urea groups is 1. The summed E-state index contributed by atoms with van der Waals surface area (Å²) < 4.78 is 0. The molecule has 2 aromatic rings. The van der Waals surface area contributed by atoms with Crippen molar-refractivity contribution >= 4 is 17.5 Å². The molecule has 1 saturated heterocycles. The van der Waals surface area contributed by atoms with Crippen LogP contribution < -0.4 is 5.32 Å². The molecule has 1 spiro atoms. The van der Waals surface area contributed by atoms with Gasteiger partial charge in [-0.3, -0.25) is 9.69 Å². The summed E-state index contributed by atoms with van der Waals surface area (Å²) in [6.45, 7) is 1.92. The third-order valence-corrected chi connectivity index (χ3v) is 6.43. The molecule has 2 aromatic carbocycles. The summed E-state index contributed by atoms with van der Waals surface area (Å²) in [5.74, 6) is -0.104. The Morgan fingerprint density at radius 1 is 0.966 bits per heavy atom. The smallest absolute Gasteiger partial charge is 0.319 e. The average Bonchev–Trinajstić information content (AvgIpc) is 3.00. The van der Waals surface area contributed by atoms with Gasteiger partial charge < -0.3 is 5.32 Å². The predicted molar refractivity (Wildman–Crippen MR) is 112 cm³/mol. The number of imide groups is 1. The first-order valence-corrected chi connectivity index (χ1v) is 10.4. The van der Waals surface area contributed by atoms with E-state index in [4.69, 9.17) is 0 Å². The second-order valence-electron chi connectivity index (χ2n) is 8.14. The topological polar surface area (TPSA) is 52.7 Å². The number of carbonyl (C=O) groups excluding carboxylic acids is 2. The second kappa shape index (κ2) is 7.16. The van der Waals surface area contributed by atoms with Crippen molar-refractivity contribution in [3.05, 3.63) is 77.4 Å². The van der Waals surface area contributed by atoms with Crippen molar-refractivity contribution in [1.82, 2.24) is 15.1 Å². The third-order valence-electron chi connectivity index (χ3n) is 6.43. The number of carbonyl (C=O) groups is 2. The van der Waals surface area contributed by atoms with Gasteiger partial charge in [0.05, 0.1) is 6.67 Å². The predicted octanol–water partition coefficient (Wildman–Crippen LogP) is 3.52. The number of rotatable bonds is 3. The zero-order valence-corrected chi connectivity index (χ0v) is 16.4. The number of nitrogens with one attached hydrogen (secondary N) is 1. The minimum absolute atomic E-state index is 0.104. The number of hydrogen-bond acceptors (Lipinski definition) is 3. The molecule has 5 heteroatoms. The monoisotopic (exact) mass is 387 g/mol. The molecule has 0 saturated carbocycles. The van der Waals surface area contributed by atoms with Gasteiger partial charge in [0.15, 0.2) is 0 Å². The number of fused-ring (bicyclic) bond motifs is 2. The van der Waals surface area contributed by atoms with E-state index in [0.717, 1.165) is 37.9 Å². The highest BCUT2D eigenvalue weighted by Gasteiger charge is 2.54. The van der Waals surface area contributed by atoms with Gasteiger partial charge in [0.2, 0.25) is 0 Å². The molecule has 1 N–H and O–H groups in total. The molecule has 1 fully saturated rings. The SMILES string of the molecule is O=C1NC2(CCCc3ccccc32)C(=O)N1CN1CC=C(c2ccccc2)CC1. The van der Waals surface area contributed by atoms with Crippen molar-refractivity contribution in [3.63, 3.8) is 0 Å². The molecule has 5 nitrogen and oxygen atoms in total. The maximum Gasteiger partial charge on any atom is 0.326 e. The lowest BCUT2D eigenvalue weighted by Gasteiger charge is -2.34. The van der Waals surface area contributed by atoms with Crippen LogP contribution in [-0.4, -0.2) is 41.5 Å². The Labute approximate surface area is 171 Å². The van der Waals surface area contributed by atoms with Crippen LogP contribution in [0.1, 0.15) is 36.0 Å². The largest absolute Gasteiger partial charge is 0.326 e. The van der Waals surface area contributed by atoms with Crippen molar-refractivity contribution < 1.29 is 9.59 Å². The molecule has 148 valence electrons. The molecule has 2 heterocycles. The van der Waals surface area contributed by atoms with Crippen molar-refractivity contribution in [2.24, 2.45) is 0 Å². The number of amides is 3. The van der Waals surface area contributed by atoms with E-state index >= 15 is 0 Å². The van der Waals surface area contributed by atoms with Gasteiger partial charge in [-0.25, -0.2) is 9.69 Å². The summed E-state index contributed by atoms with van der Waals surface area (Å²) in [6.07, 6.45) is 5.66. The van der Waals surface area contributed by atoms with Gasteiger partial charge in [-0.1, -0.05) is 60.7 Å². The first-order valence-electron chi connectivity index (χ1n) is 10.4. The van der Waals surface area contributed by atoms with Crippen molar-refractivity contribution in [2.75, 3.05) is 19.8 Å². The Morgan fingerprint density at radius 2 is 1.76 bits per heavy atom. The van der Waals surface area contributed by atoms with Gasteiger partial charge in [0, 0.05) is 13.1 Å². The summed E-state index contributed by atoms with van der Waals surface area (Å²) in [5.41, 5.74) is 3.84. The summed E-state index contributed by atoms with van der Waals surface area (Å²) in [5, 5.41) is 3.04. The highest BCUT2D eigenvalue weighted by molar-refractivity contribution is 6.07. The maximum atomic E-state index is 13.4. The molecule has 5 rings (SSSR count). The van der Waals surface area contributed by atoms with E-state index in [-0.39, 0.29) is 11.9 Å². The van der Waals surface area contributed by atoms with E-state index in [1.54, 1.807) is 0 Å². The zero-order chi connectivity index (χ0) is 19.8. The van der Waals surface area contributed by atoms with E-state index < -0.39 is 5.54 Å². The standard InChI is InChI=1S/C24H25N3O2/c28-22-24(14-6-10-20-9-4-5-11-21(20)24)25-23(29)27(22)17-26-15-12-19(13-16-26)18-7-2-1-3-8-18/h1-5,7-9,11-12H,6,10,13-17H2,(H,25,29). The van der Waals surface area contributed by atoms with Gasteiger partial charge in [0.1, 0.15) is 5.54 Å². The zero-order valence-electron chi connectivity index (χ0n) is 16.4.